The van der Waals surface area contributed by atoms with Crippen LogP contribution in [0.5, 0.6) is 5.75 Å². The number of rotatable bonds is 5. The second-order valence-corrected chi connectivity index (χ2v) is 5.18. The van der Waals surface area contributed by atoms with Crippen LogP contribution in [-0.2, 0) is 11.3 Å². The molecule has 5 heteroatoms. The topological polar surface area (TPSA) is 64.3 Å². The summed E-state index contributed by atoms with van der Waals surface area (Å²) in [4.78, 5) is 11.7. The summed E-state index contributed by atoms with van der Waals surface area (Å²) in [7, 11) is 0. The number of nitrogens with one attached hydrogen (secondary N) is 1. The smallest absolute Gasteiger partial charge is 0.258 e. The molecule has 0 aliphatic heterocycles. The van der Waals surface area contributed by atoms with Crippen LogP contribution in [0.2, 0.25) is 0 Å². The molecule has 20 heavy (non-hydrogen) atoms. The Morgan fingerprint density at radius 2 is 2.00 bits per heavy atom. The number of hydrogen-bond acceptors (Lipinski definition) is 3. The monoisotopic (exact) mass is 334 g/mol. The summed E-state index contributed by atoms with van der Waals surface area (Å²) in [5.74, 6) is 0.412. The van der Waals surface area contributed by atoms with Crippen molar-refractivity contribution in [2.75, 3.05) is 12.3 Å². The zero-order chi connectivity index (χ0) is 14.4. The minimum Gasteiger partial charge on any atom is -0.484 e. The largest absolute Gasteiger partial charge is 0.484 e. The molecule has 0 saturated heterocycles. The molecular weight excluding hydrogens is 320 g/mol. The molecule has 2 aromatic rings. The molecule has 0 aromatic heterocycles. The number of carbonyl (C=O) groups is 1. The van der Waals surface area contributed by atoms with Gasteiger partial charge in [0.2, 0.25) is 0 Å². The number of ether oxygens (including phenoxy) is 1. The fourth-order valence-electron chi connectivity index (χ4n) is 1.65. The molecule has 0 aliphatic carbocycles. The van der Waals surface area contributed by atoms with Gasteiger partial charge in [-0.05, 0) is 29.8 Å². The van der Waals surface area contributed by atoms with E-state index in [1.165, 1.54) is 0 Å². The van der Waals surface area contributed by atoms with Crippen molar-refractivity contribution < 1.29 is 9.53 Å². The average molecular weight is 335 g/mol. The Morgan fingerprint density at radius 1 is 1.20 bits per heavy atom. The predicted molar refractivity (Wildman–Crippen MR) is 82.3 cm³/mol. The first-order valence-electron chi connectivity index (χ1n) is 6.13. The number of anilines is 1. The van der Waals surface area contributed by atoms with Crippen molar-refractivity contribution in [1.29, 1.82) is 0 Å². The first kappa shape index (κ1) is 14.4. The third-order valence-electron chi connectivity index (χ3n) is 2.61. The summed E-state index contributed by atoms with van der Waals surface area (Å²) in [6.45, 7) is 0.440. The van der Waals surface area contributed by atoms with E-state index in [0.29, 0.717) is 18.0 Å². The van der Waals surface area contributed by atoms with Gasteiger partial charge in [-0.1, -0.05) is 34.1 Å². The molecule has 1 amide bonds. The zero-order valence-electron chi connectivity index (χ0n) is 10.8. The first-order chi connectivity index (χ1) is 9.63. The van der Waals surface area contributed by atoms with E-state index in [-0.39, 0.29) is 12.5 Å². The van der Waals surface area contributed by atoms with Crippen molar-refractivity contribution in [1.82, 2.24) is 5.32 Å². The van der Waals surface area contributed by atoms with Crippen molar-refractivity contribution in [3.05, 3.63) is 58.6 Å². The lowest BCUT2D eigenvalue weighted by Crippen LogP contribution is -2.28. The number of nitrogen functional groups attached to an aromatic ring is 1. The summed E-state index contributed by atoms with van der Waals surface area (Å²) >= 11 is 3.39. The van der Waals surface area contributed by atoms with Crippen LogP contribution in [0.15, 0.2) is 53.0 Å². The van der Waals surface area contributed by atoms with Crippen molar-refractivity contribution in [3.8, 4) is 5.75 Å². The molecule has 0 atom stereocenters. The van der Waals surface area contributed by atoms with E-state index >= 15 is 0 Å². The molecule has 0 saturated carbocycles. The molecule has 0 spiro atoms. The van der Waals surface area contributed by atoms with E-state index in [9.17, 15) is 4.79 Å². The highest BCUT2D eigenvalue weighted by Gasteiger charge is 2.03. The molecule has 3 N–H and O–H groups in total. The van der Waals surface area contributed by atoms with Gasteiger partial charge in [0, 0.05) is 22.8 Å². The number of hydrogen-bond donors (Lipinski definition) is 2. The minimum atomic E-state index is -0.174. The van der Waals surface area contributed by atoms with E-state index in [2.05, 4.69) is 21.2 Å². The second kappa shape index (κ2) is 6.96. The maximum atomic E-state index is 11.7. The molecule has 4 nitrogen and oxygen atoms in total. The van der Waals surface area contributed by atoms with E-state index in [1.54, 1.807) is 24.3 Å². The van der Waals surface area contributed by atoms with Crippen molar-refractivity contribution in [3.63, 3.8) is 0 Å². The summed E-state index contributed by atoms with van der Waals surface area (Å²) in [6.07, 6.45) is 0. The van der Waals surface area contributed by atoms with Crippen molar-refractivity contribution in [2.45, 2.75) is 6.54 Å². The van der Waals surface area contributed by atoms with Gasteiger partial charge in [0.15, 0.2) is 6.61 Å². The van der Waals surface area contributed by atoms with Gasteiger partial charge in [0.1, 0.15) is 5.75 Å². The third kappa shape index (κ3) is 4.59. The molecule has 0 bridgehead atoms. The van der Waals surface area contributed by atoms with Crippen LogP contribution in [0.25, 0.3) is 0 Å². The number of benzene rings is 2. The van der Waals surface area contributed by atoms with Gasteiger partial charge in [-0.3, -0.25) is 4.79 Å². The highest BCUT2D eigenvalue weighted by atomic mass is 79.9. The Balaban J connectivity index is 1.78. The highest BCUT2D eigenvalue weighted by molar-refractivity contribution is 9.10. The van der Waals surface area contributed by atoms with Gasteiger partial charge in [0.05, 0.1) is 0 Å². The van der Waals surface area contributed by atoms with Gasteiger partial charge in [-0.2, -0.15) is 0 Å². The van der Waals surface area contributed by atoms with Crippen LogP contribution in [0.1, 0.15) is 5.56 Å². The molecule has 0 unspecified atom stereocenters. The minimum absolute atomic E-state index is 0.0303. The standard InChI is InChI=1S/C15H15BrN2O2/c16-12-4-1-3-11(7-12)9-18-15(19)10-20-14-6-2-5-13(17)8-14/h1-8H,9-10,17H2,(H,18,19). The quantitative estimate of drug-likeness (QED) is 0.826. The molecule has 0 fully saturated rings. The van der Waals surface area contributed by atoms with Gasteiger partial charge < -0.3 is 15.8 Å². The lowest BCUT2D eigenvalue weighted by molar-refractivity contribution is -0.123. The fourth-order valence-corrected chi connectivity index (χ4v) is 2.10. The Hall–Kier alpha value is -2.01. The number of nitrogens with two attached hydrogens (primary N) is 1. The molecular formula is C15H15BrN2O2. The van der Waals surface area contributed by atoms with Gasteiger partial charge in [-0.25, -0.2) is 0 Å². The average Bonchev–Trinajstić information content (AvgIpc) is 2.43. The van der Waals surface area contributed by atoms with Crippen molar-refractivity contribution >= 4 is 27.5 Å². The van der Waals surface area contributed by atoms with E-state index in [0.717, 1.165) is 10.0 Å². The molecule has 2 aromatic carbocycles. The fraction of sp³-hybridized carbons (Fsp3) is 0.133. The highest BCUT2D eigenvalue weighted by Crippen LogP contribution is 2.14. The molecule has 104 valence electrons. The van der Waals surface area contributed by atoms with Crippen LogP contribution in [0.4, 0.5) is 5.69 Å². The van der Waals surface area contributed by atoms with Gasteiger partial charge >= 0.3 is 0 Å². The Labute approximate surface area is 126 Å². The van der Waals surface area contributed by atoms with Crippen LogP contribution in [-0.4, -0.2) is 12.5 Å². The molecule has 2 rings (SSSR count). The van der Waals surface area contributed by atoms with Gasteiger partial charge in [0.25, 0.3) is 5.91 Å². The van der Waals surface area contributed by atoms with Crippen LogP contribution in [0.3, 0.4) is 0 Å². The second-order valence-electron chi connectivity index (χ2n) is 4.27. The molecule has 0 radical (unpaired) electrons. The zero-order valence-corrected chi connectivity index (χ0v) is 12.4. The maximum Gasteiger partial charge on any atom is 0.258 e. The van der Waals surface area contributed by atoms with E-state index < -0.39 is 0 Å². The number of amides is 1. The third-order valence-corrected chi connectivity index (χ3v) is 3.10. The Kier molecular flexibility index (Phi) is 5.01. The lowest BCUT2D eigenvalue weighted by Gasteiger charge is -2.08. The Morgan fingerprint density at radius 3 is 2.75 bits per heavy atom. The summed E-state index contributed by atoms with van der Waals surface area (Å²) in [5.41, 5.74) is 7.26. The summed E-state index contributed by atoms with van der Waals surface area (Å²) < 4.78 is 6.35. The van der Waals surface area contributed by atoms with Crippen LogP contribution in [0, 0.1) is 0 Å². The Bertz CT molecular complexity index is 550. The summed E-state index contributed by atoms with van der Waals surface area (Å²) in [6, 6.07) is 14.8. The van der Waals surface area contributed by atoms with Crippen LogP contribution < -0.4 is 15.8 Å². The van der Waals surface area contributed by atoms with E-state index in [1.807, 2.05) is 24.3 Å². The molecule has 0 heterocycles. The number of carbonyl (C=O) groups excluding carboxylic acids is 1. The SMILES string of the molecule is Nc1cccc(OCC(=O)NCc2cccc(Br)c2)c1. The van der Waals surface area contributed by atoms with E-state index in [4.69, 9.17) is 10.5 Å². The van der Waals surface area contributed by atoms with Gasteiger partial charge in [-0.15, -0.1) is 0 Å². The first-order valence-corrected chi connectivity index (χ1v) is 6.92. The van der Waals surface area contributed by atoms with Crippen LogP contribution >= 0.6 is 15.9 Å². The predicted octanol–water partition coefficient (Wildman–Crippen LogP) is 2.73. The maximum absolute atomic E-state index is 11.7. The number of halogens is 1. The van der Waals surface area contributed by atoms with Crippen molar-refractivity contribution in [2.24, 2.45) is 0 Å². The normalized spacial score (nSPS) is 10.1. The summed E-state index contributed by atoms with van der Waals surface area (Å²) in [5, 5.41) is 2.80. The molecule has 0 aliphatic rings. The lowest BCUT2D eigenvalue weighted by atomic mass is 10.2.